The lowest BCUT2D eigenvalue weighted by Crippen LogP contribution is -1.97. The summed E-state index contributed by atoms with van der Waals surface area (Å²) in [4.78, 5) is 0. The van der Waals surface area contributed by atoms with Gasteiger partial charge in [-0.15, -0.1) is 0 Å². The highest BCUT2D eigenvalue weighted by atomic mass is 19.1. The van der Waals surface area contributed by atoms with Gasteiger partial charge in [0.2, 0.25) is 0 Å². The minimum Gasteiger partial charge on any atom is -0.508 e. The van der Waals surface area contributed by atoms with Gasteiger partial charge in [-0.1, -0.05) is 19.1 Å². The van der Waals surface area contributed by atoms with E-state index < -0.39 is 5.82 Å². The number of aliphatic hydroxyl groups is 1. The van der Waals surface area contributed by atoms with Crippen LogP contribution < -0.4 is 4.74 Å². The van der Waals surface area contributed by atoms with Gasteiger partial charge in [-0.2, -0.15) is 0 Å². The Hall–Kier alpha value is -2.07. The first-order valence-corrected chi connectivity index (χ1v) is 6.97. The van der Waals surface area contributed by atoms with E-state index in [1.165, 1.54) is 12.1 Å². The van der Waals surface area contributed by atoms with Crippen molar-refractivity contribution in [1.82, 2.24) is 0 Å². The van der Waals surface area contributed by atoms with Crippen LogP contribution in [0.3, 0.4) is 0 Å². The summed E-state index contributed by atoms with van der Waals surface area (Å²) in [7, 11) is 0. The van der Waals surface area contributed by atoms with Gasteiger partial charge >= 0.3 is 0 Å². The second-order valence-electron chi connectivity index (χ2n) is 4.90. The van der Waals surface area contributed by atoms with Crippen LogP contribution in [0.1, 0.15) is 30.0 Å². The topological polar surface area (TPSA) is 49.7 Å². The Morgan fingerprint density at radius 1 is 1.10 bits per heavy atom. The summed E-state index contributed by atoms with van der Waals surface area (Å²) in [5, 5.41) is 18.8. The lowest BCUT2D eigenvalue weighted by Gasteiger charge is -2.09. The van der Waals surface area contributed by atoms with Gasteiger partial charge in [0, 0.05) is 12.0 Å². The van der Waals surface area contributed by atoms with E-state index in [4.69, 9.17) is 9.84 Å². The predicted octanol–water partition coefficient (Wildman–Crippen LogP) is 3.40. The molecule has 0 aliphatic heterocycles. The van der Waals surface area contributed by atoms with Crippen LogP contribution in [0.5, 0.6) is 11.5 Å². The fourth-order valence-electron chi connectivity index (χ4n) is 2.07. The third-order valence-corrected chi connectivity index (χ3v) is 3.19. The van der Waals surface area contributed by atoms with E-state index in [1.54, 1.807) is 0 Å². The smallest absolute Gasteiger partial charge is 0.130 e. The molecule has 0 heterocycles. The lowest BCUT2D eigenvalue weighted by molar-refractivity contribution is 0.280. The monoisotopic (exact) mass is 290 g/mol. The molecule has 0 bridgehead atoms. The molecule has 0 saturated heterocycles. The summed E-state index contributed by atoms with van der Waals surface area (Å²) in [6, 6.07) is 10.0. The van der Waals surface area contributed by atoms with Crippen LogP contribution in [0.4, 0.5) is 4.39 Å². The molecular formula is C17H19FO3. The van der Waals surface area contributed by atoms with Crippen molar-refractivity contribution in [3.63, 3.8) is 0 Å². The van der Waals surface area contributed by atoms with Crippen LogP contribution >= 0.6 is 0 Å². The van der Waals surface area contributed by atoms with E-state index in [9.17, 15) is 9.50 Å². The van der Waals surface area contributed by atoms with Crippen molar-refractivity contribution in [2.75, 3.05) is 6.61 Å². The van der Waals surface area contributed by atoms with Gasteiger partial charge in [0.1, 0.15) is 17.3 Å². The maximum atomic E-state index is 13.9. The van der Waals surface area contributed by atoms with Crippen molar-refractivity contribution in [1.29, 1.82) is 0 Å². The third-order valence-electron chi connectivity index (χ3n) is 3.19. The molecule has 0 fully saturated rings. The molecule has 112 valence electrons. The maximum Gasteiger partial charge on any atom is 0.130 e. The summed E-state index contributed by atoms with van der Waals surface area (Å²) >= 11 is 0. The van der Waals surface area contributed by atoms with E-state index in [0.29, 0.717) is 12.2 Å². The zero-order valence-corrected chi connectivity index (χ0v) is 12.0. The van der Waals surface area contributed by atoms with Crippen molar-refractivity contribution in [2.24, 2.45) is 0 Å². The standard InChI is InChI=1S/C17H19FO3/c1-2-7-21-14-5-3-12(4-6-14)8-15-16(18)9-13(11-19)10-17(15)20/h3-6,9-10,19-20H,2,7-8,11H2,1H3. The van der Waals surface area contributed by atoms with Gasteiger partial charge in [-0.3, -0.25) is 0 Å². The van der Waals surface area contributed by atoms with Gasteiger partial charge in [0.25, 0.3) is 0 Å². The Labute approximate surface area is 123 Å². The molecule has 2 N–H and O–H groups in total. The summed E-state index contributed by atoms with van der Waals surface area (Å²) < 4.78 is 19.4. The number of hydrogen-bond acceptors (Lipinski definition) is 3. The molecule has 0 saturated carbocycles. The number of aliphatic hydroxyl groups excluding tert-OH is 1. The molecule has 0 aromatic heterocycles. The number of benzene rings is 2. The fraction of sp³-hybridized carbons (Fsp3) is 0.294. The second-order valence-corrected chi connectivity index (χ2v) is 4.90. The number of phenols is 1. The Bertz CT molecular complexity index is 570. The number of hydrogen-bond donors (Lipinski definition) is 2. The van der Waals surface area contributed by atoms with E-state index in [0.717, 1.165) is 17.7 Å². The average molecular weight is 290 g/mol. The van der Waals surface area contributed by atoms with Crippen molar-refractivity contribution in [3.05, 3.63) is 58.9 Å². The molecular weight excluding hydrogens is 271 g/mol. The first-order valence-electron chi connectivity index (χ1n) is 6.97. The van der Waals surface area contributed by atoms with Crippen LogP contribution in [-0.2, 0) is 13.0 Å². The zero-order valence-electron chi connectivity index (χ0n) is 12.0. The Morgan fingerprint density at radius 3 is 2.38 bits per heavy atom. The van der Waals surface area contributed by atoms with E-state index in [-0.39, 0.29) is 24.3 Å². The maximum absolute atomic E-state index is 13.9. The molecule has 0 unspecified atom stereocenters. The lowest BCUT2D eigenvalue weighted by atomic mass is 10.0. The summed E-state index contributed by atoms with van der Waals surface area (Å²) in [5.74, 6) is 0.136. The quantitative estimate of drug-likeness (QED) is 0.857. The van der Waals surface area contributed by atoms with Gasteiger partial charge in [-0.25, -0.2) is 4.39 Å². The molecule has 2 aromatic rings. The number of rotatable bonds is 6. The van der Waals surface area contributed by atoms with Crippen molar-refractivity contribution < 1.29 is 19.3 Å². The van der Waals surface area contributed by atoms with Gasteiger partial charge < -0.3 is 14.9 Å². The number of aromatic hydroxyl groups is 1. The van der Waals surface area contributed by atoms with Gasteiger partial charge in [-0.05, 0) is 41.8 Å². The largest absolute Gasteiger partial charge is 0.508 e. The van der Waals surface area contributed by atoms with Crippen LogP contribution in [0.15, 0.2) is 36.4 Å². The van der Waals surface area contributed by atoms with Crippen LogP contribution in [-0.4, -0.2) is 16.8 Å². The Kier molecular flexibility index (Phi) is 5.17. The molecule has 0 amide bonds. The molecule has 3 nitrogen and oxygen atoms in total. The molecule has 0 spiro atoms. The normalized spacial score (nSPS) is 10.6. The molecule has 2 rings (SSSR count). The first-order chi connectivity index (χ1) is 10.1. The highest BCUT2D eigenvalue weighted by Gasteiger charge is 2.11. The highest BCUT2D eigenvalue weighted by molar-refractivity contribution is 5.41. The van der Waals surface area contributed by atoms with E-state index in [2.05, 4.69) is 0 Å². The molecule has 0 aliphatic rings. The van der Waals surface area contributed by atoms with E-state index >= 15 is 0 Å². The Balaban J connectivity index is 2.14. The zero-order chi connectivity index (χ0) is 15.2. The number of phenolic OH excluding ortho intramolecular Hbond substituents is 1. The third kappa shape index (κ3) is 3.95. The summed E-state index contributed by atoms with van der Waals surface area (Å²) in [5.41, 5.74) is 1.47. The van der Waals surface area contributed by atoms with Crippen molar-refractivity contribution in [2.45, 2.75) is 26.4 Å². The van der Waals surface area contributed by atoms with Crippen LogP contribution in [0.25, 0.3) is 0 Å². The van der Waals surface area contributed by atoms with Gasteiger partial charge in [0.15, 0.2) is 0 Å². The SMILES string of the molecule is CCCOc1ccc(Cc2c(O)cc(CO)cc2F)cc1. The van der Waals surface area contributed by atoms with Crippen molar-refractivity contribution >= 4 is 0 Å². The predicted molar refractivity (Wildman–Crippen MR) is 79.0 cm³/mol. The molecule has 2 aromatic carbocycles. The fourth-order valence-corrected chi connectivity index (χ4v) is 2.07. The molecule has 21 heavy (non-hydrogen) atoms. The minimum absolute atomic E-state index is 0.134. The minimum atomic E-state index is -0.509. The van der Waals surface area contributed by atoms with Crippen LogP contribution in [0.2, 0.25) is 0 Å². The molecule has 0 radical (unpaired) electrons. The van der Waals surface area contributed by atoms with Crippen LogP contribution in [0, 0.1) is 5.82 Å². The summed E-state index contributed by atoms with van der Waals surface area (Å²) in [6.07, 6.45) is 1.23. The molecule has 0 aliphatic carbocycles. The van der Waals surface area contributed by atoms with E-state index in [1.807, 2.05) is 31.2 Å². The van der Waals surface area contributed by atoms with Gasteiger partial charge in [0.05, 0.1) is 13.2 Å². The average Bonchev–Trinajstić information content (AvgIpc) is 2.49. The Morgan fingerprint density at radius 2 is 1.81 bits per heavy atom. The second kappa shape index (κ2) is 7.09. The molecule has 0 atom stereocenters. The number of ether oxygens (including phenoxy) is 1. The number of halogens is 1. The summed E-state index contributed by atoms with van der Waals surface area (Å²) in [6.45, 7) is 2.40. The van der Waals surface area contributed by atoms with Crippen molar-refractivity contribution in [3.8, 4) is 11.5 Å². The molecule has 4 heteroatoms. The first kappa shape index (κ1) is 15.3. The highest BCUT2D eigenvalue weighted by Crippen LogP contribution is 2.26.